The van der Waals surface area contributed by atoms with Crippen LogP contribution < -0.4 is 15.5 Å². The lowest BCUT2D eigenvalue weighted by Crippen LogP contribution is -2.33. The Kier molecular flexibility index (Phi) is 5.78. The summed E-state index contributed by atoms with van der Waals surface area (Å²) in [6.45, 7) is 1.87. The van der Waals surface area contributed by atoms with Crippen LogP contribution >= 0.6 is 0 Å². The second-order valence-corrected chi connectivity index (χ2v) is 6.23. The number of rotatable bonds is 6. The Hall–Kier alpha value is -2.96. The third-order valence-electron chi connectivity index (χ3n) is 4.16. The van der Waals surface area contributed by atoms with Crippen molar-refractivity contribution >= 4 is 23.3 Å². The first-order valence-corrected chi connectivity index (χ1v) is 8.62. The average molecular weight is 356 g/mol. The van der Waals surface area contributed by atoms with Crippen LogP contribution in [-0.2, 0) is 16.0 Å². The van der Waals surface area contributed by atoms with Crippen molar-refractivity contribution in [2.75, 3.05) is 29.9 Å². The number of anilines is 2. The second-order valence-electron chi connectivity index (χ2n) is 6.23. The minimum absolute atomic E-state index is 0.0249. The molecule has 0 unspecified atom stereocenters. The maximum atomic E-state index is 13.1. The zero-order chi connectivity index (χ0) is 18.4. The second kappa shape index (κ2) is 8.42. The lowest BCUT2D eigenvalue weighted by Gasteiger charge is -2.16. The molecule has 1 aromatic carbocycles. The molecule has 0 saturated carbocycles. The van der Waals surface area contributed by atoms with Crippen molar-refractivity contribution in [1.29, 1.82) is 0 Å². The van der Waals surface area contributed by atoms with Crippen molar-refractivity contribution in [1.82, 2.24) is 10.3 Å². The summed E-state index contributed by atoms with van der Waals surface area (Å²) in [6.07, 6.45) is 3.99. The van der Waals surface area contributed by atoms with Gasteiger partial charge in [0.15, 0.2) is 0 Å². The monoisotopic (exact) mass is 356 g/mol. The minimum atomic E-state index is -0.391. The minimum Gasteiger partial charge on any atom is -0.357 e. The van der Waals surface area contributed by atoms with Gasteiger partial charge in [0.05, 0.1) is 24.8 Å². The lowest BCUT2D eigenvalue weighted by atomic mass is 10.1. The lowest BCUT2D eigenvalue weighted by molar-refractivity contribution is -0.123. The first kappa shape index (κ1) is 17.8. The molecule has 26 heavy (non-hydrogen) atoms. The number of carbonyl (C=O) groups excluding carboxylic acids is 2. The van der Waals surface area contributed by atoms with Crippen LogP contribution in [0.5, 0.6) is 0 Å². The molecule has 2 heterocycles. The summed E-state index contributed by atoms with van der Waals surface area (Å²) in [5.41, 5.74) is 1.14. The normalized spacial score (nSPS) is 13.5. The summed E-state index contributed by atoms with van der Waals surface area (Å²) in [5, 5.41) is 5.22. The van der Waals surface area contributed by atoms with Gasteiger partial charge in [-0.25, -0.2) is 9.37 Å². The Balaban J connectivity index is 1.44. The number of benzene rings is 1. The van der Waals surface area contributed by atoms with E-state index in [1.54, 1.807) is 24.4 Å². The zero-order valence-electron chi connectivity index (χ0n) is 14.4. The van der Waals surface area contributed by atoms with E-state index < -0.39 is 5.82 Å². The van der Waals surface area contributed by atoms with Gasteiger partial charge >= 0.3 is 0 Å². The van der Waals surface area contributed by atoms with Gasteiger partial charge in [-0.05, 0) is 42.7 Å². The van der Waals surface area contributed by atoms with Gasteiger partial charge in [-0.1, -0.05) is 12.1 Å². The fourth-order valence-electron chi connectivity index (χ4n) is 2.87. The number of carbonyl (C=O) groups is 2. The number of amides is 2. The number of halogens is 1. The highest BCUT2D eigenvalue weighted by Crippen LogP contribution is 2.18. The molecule has 2 amide bonds. The third-order valence-corrected chi connectivity index (χ3v) is 4.16. The largest absolute Gasteiger partial charge is 0.357 e. The fraction of sp³-hybridized carbons (Fsp3) is 0.316. The van der Waals surface area contributed by atoms with E-state index in [0.29, 0.717) is 11.3 Å². The highest BCUT2D eigenvalue weighted by atomic mass is 19.1. The Morgan fingerprint density at radius 1 is 1.12 bits per heavy atom. The van der Waals surface area contributed by atoms with Gasteiger partial charge in [0.1, 0.15) is 11.6 Å². The molecule has 0 spiro atoms. The standard InChI is InChI=1S/C19H21FN4O2/c20-15-5-3-4-14(10-15)11-18(25)22-13-19(26)23-16-6-7-17(21-12-16)24-8-1-2-9-24/h3-7,10,12H,1-2,8-9,11,13H2,(H,22,25)(H,23,26). The van der Waals surface area contributed by atoms with E-state index in [0.717, 1.165) is 18.9 Å². The fourth-order valence-corrected chi connectivity index (χ4v) is 2.87. The van der Waals surface area contributed by atoms with Gasteiger partial charge in [-0.3, -0.25) is 9.59 Å². The molecule has 136 valence electrons. The molecule has 1 fully saturated rings. The predicted octanol–water partition coefficient (Wildman–Crippen LogP) is 2.12. The summed E-state index contributed by atoms with van der Waals surface area (Å²) in [6, 6.07) is 9.50. The van der Waals surface area contributed by atoms with Crippen molar-refractivity contribution in [2.45, 2.75) is 19.3 Å². The summed E-state index contributed by atoms with van der Waals surface area (Å²) in [5.74, 6) is -0.164. The van der Waals surface area contributed by atoms with Crippen molar-refractivity contribution in [3.8, 4) is 0 Å². The molecular weight excluding hydrogens is 335 g/mol. The molecule has 1 aliphatic rings. The van der Waals surface area contributed by atoms with Gasteiger partial charge in [0.2, 0.25) is 11.8 Å². The summed E-state index contributed by atoms with van der Waals surface area (Å²) in [7, 11) is 0. The molecule has 2 aromatic rings. The van der Waals surface area contributed by atoms with E-state index >= 15 is 0 Å². The first-order chi connectivity index (χ1) is 12.6. The van der Waals surface area contributed by atoms with Crippen LogP contribution in [0.3, 0.4) is 0 Å². The van der Waals surface area contributed by atoms with Crippen LogP contribution in [0.4, 0.5) is 15.9 Å². The maximum Gasteiger partial charge on any atom is 0.243 e. The van der Waals surface area contributed by atoms with E-state index in [9.17, 15) is 14.0 Å². The van der Waals surface area contributed by atoms with Crippen molar-refractivity contribution in [2.24, 2.45) is 0 Å². The van der Waals surface area contributed by atoms with Crippen molar-refractivity contribution in [3.63, 3.8) is 0 Å². The van der Waals surface area contributed by atoms with E-state index in [1.807, 2.05) is 6.07 Å². The van der Waals surface area contributed by atoms with Crippen LogP contribution in [0.15, 0.2) is 42.6 Å². The highest BCUT2D eigenvalue weighted by molar-refractivity contribution is 5.94. The molecule has 7 heteroatoms. The molecule has 6 nitrogen and oxygen atoms in total. The number of nitrogens with zero attached hydrogens (tertiary/aromatic N) is 2. The molecule has 0 aliphatic carbocycles. The Labute approximate surface area is 151 Å². The first-order valence-electron chi connectivity index (χ1n) is 8.62. The Morgan fingerprint density at radius 2 is 1.92 bits per heavy atom. The molecule has 0 bridgehead atoms. The Morgan fingerprint density at radius 3 is 2.62 bits per heavy atom. The van der Waals surface area contributed by atoms with E-state index in [4.69, 9.17) is 0 Å². The quantitative estimate of drug-likeness (QED) is 0.831. The maximum absolute atomic E-state index is 13.1. The van der Waals surface area contributed by atoms with Crippen molar-refractivity contribution in [3.05, 3.63) is 54.0 Å². The van der Waals surface area contributed by atoms with Gasteiger partial charge in [0.25, 0.3) is 0 Å². The third kappa shape index (κ3) is 5.02. The predicted molar refractivity (Wildman–Crippen MR) is 97.4 cm³/mol. The average Bonchev–Trinajstić information content (AvgIpc) is 3.15. The van der Waals surface area contributed by atoms with Gasteiger partial charge < -0.3 is 15.5 Å². The summed E-state index contributed by atoms with van der Waals surface area (Å²) < 4.78 is 13.1. The smallest absolute Gasteiger partial charge is 0.243 e. The number of aromatic nitrogens is 1. The number of nitrogens with one attached hydrogen (secondary N) is 2. The van der Waals surface area contributed by atoms with Gasteiger partial charge in [0, 0.05) is 13.1 Å². The molecule has 3 rings (SSSR count). The van der Waals surface area contributed by atoms with Crippen LogP contribution in [0.2, 0.25) is 0 Å². The highest BCUT2D eigenvalue weighted by Gasteiger charge is 2.13. The number of pyridine rings is 1. The Bertz CT molecular complexity index is 773. The number of hydrogen-bond acceptors (Lipinski definition) is 4. The van der Waals surface area contributed by atoms with Crippen LogP contribution in [0, 0.1) is 5.82 Å². The molecule has 0 radical (unpaired) electrons. The topological polar surface area (TPSA) is 74.3 Å². The summed E-state index contributed by atoms with van der Waals surface area (Å²) >= 11 is 0. The van der Waals surface area contributed by atoms with Crippen LogP contribution in [0.25, 0.3) is 0 Å². The van der Waals surface area contributed by atoms with Gasteiger partial charge in [-0.2, -0.15) is 0 Å². The van der Waals surface area contributed by atoms with Crippen molar-refractivity contribution < 1.29 is 14.0 Å². The van der Waals surface area contributed by atoms with Crippen LogP contribution in [-0.4, -0.2) is 36.4 Å². The summed E-state index contributed by atoms with van der Waals surface area (Å²) in [4.78, 5) is 30.3. The van der Waals surface area contributed by atoms with E-state index in [1.165, 1.54) is 25.0 Å². The molecular formula is C19H21FN4O2. The number of hydrogen-bond donors (Lipinski definition) is 2. The van der Waals surface area contributed by atoms with E-state index in [2.05, 4.69) is 20.5 Å². The molecule has 0 atom stereocenters. The molecule has 1 saturated heterocycles. The molecule has 1 aromatic heterocycles. The zero-order valence-corrected chi connectivity index (χ0v) is 14.4. The molecule has 1 aliphatic heterocycles. The van der Waals surface area contributed by atoms with Gasteiger partial charge in [-0.15, -0.1) is 0 Å². The molecule has 2 N–H and O–H groups in total. The van der Waals surface area contributed by atoms with Crippen LogP contribution in [0.1, 0.15) is 18.4 Å². The SMILES string of the molecule is O=C(Cc1cccc(F)c1)NCC(=O)Nc1ccc(N2CCCC2)nc1. The van der Waals surface area contributed by atoms with E-state index in [-0.39, 0.29) is 24.8 Å².